The average Bonchev–Trinajstić information content (AvgIpc) is 3.11. The average molecular weight is 409 g/mol. The molecule has 3 rings (SSSR count). The maximum absolute atomic E-state index is 12.6. The number of hydrogen-bond acceptors (Lipinski definition) is 5. The van der Waals surface area contributed by atoms with Crippen LogP contribution in [-0.4, -0.2) is 36.8 Å². The van der Waals surface area contributed by atoms with Crippen molar-refractivity contribution in [2.24, 2.45) is 5.92 Å². The Hall–Kier alpha value is -3.68. The minimum Gasteiger partial charge on any atom is -0.462 e. The van der Waals surface area contributed by atoms with E-state index in [9.17, 15) is 19.2 Å². The SMILES string of the molecule is CCOC(=O)c1ccc(N2CC(C(=O)Nc3ccc(NC(C)=O)cc3)CC2=O)cc1. The van der Waals surface area contributed by atoms with Crippen LogP contribution in [-0.2, 0) is 19.1 Å². The lowest BCUT2D eigenvalue weighted by atomic mass is 10.1. The quantitative estimate of drug-likeness (QED) is 0.714. The molecule has 0 spiro atoms. The second kappa shape index (κ2) is 9.21. The van der Waals surface area contributed by atoms with Crippen molar-refractivity contribution in [3.05, 3.63) is 54.1 Å². The van der Waals surface area contributed by atoms with Gasteiger partial charge in [-0.15, -0.1) is 0 Å². The van der Waals surface area contributed by atoms with E-state index in [0.29, 0.717) is 22.6 Å². The van der Waals surface area contributed by atoms with Gasteiger partial charge in [0.15, 0.2) is 0 Å². The van der Waals surface area contributed by atoms with Crippen LogP contribution in [0.4, 0.5) is 17.1 Å². The van der Waals surface area contributed by atoms with Gasteiger partial charge in [-0.1, -0.05) is 0 Å². The van der Waals surface area contributed by atoms with E-state index in [2.05, 4.69) is 10.6 Å². The molecule has 0 aromatic heterocycles. The molecule has 3 amide bonds. The maximum atomic E-state index is 12.6. The number of nitrogens with zero attached hydrogens (tertiary/aromatic N) is 1. The van der Waals surface area contributed by atoms with Gasteiger partial charge in [-0.05, 0) is 55.5 Å². The first-order valence-electron chi connectivity index (χ1n) is 9.63. The molecule has 8 nitrogen and oxygen atoms in total. The highest BCUT2D eigenvalue weighted by Gasteiger charge is 2.35. The molecular weight excluding hydrogens is 386 g/mol. The van der Waals surface area contributed by atoms with E-state index in [0.717, 1.165) is 0 Å². The second-order valence-corrected chi connectivity index (χ2v) is 6.92. The number of esters is 1. The number of ether oxygens (including phenoxy) is 1. The van der Waals surface area contributed by atoms with Crippen molar-refractivity contribution in [1.82, 2.24) is 0 Å². The molecule has 0 radical (unpaired) electrons. The molecule has 1 aliphatic rings. The molecule has 1 saturated heterocycles. The Morgan fingerprint density at radius 2 is 1.60 bits per heavy atom. The van der Waals surface area contributed by atoms with Gasteiger partial charge in [-0.25, -0.2) is 4.79 Å². The topological polar surface area (TPSA) is 105 Å². The fourth-order valence-corrected chi connectivity index (χ4v) is 3.21. The number of benzene rings is 2. The highest BCUT2D eigenvalue weighted by atomic mass is 16.5. The first-order chi connectivity index (χ1) is 14.4. The van der Waals surface area contributed by atoms with Crippen LogP contribution < -0.4 is 15.5 Å². The normalized spacial score (nSPS) is 15.6. The van der Waals surface area contributed by atoms with Crippen LogP contribution in [0.3, 0.4) is 0 Å². The Morgan fingerprint density at radius 3 is 2.17 bits per heavy atom. The van der Waals surface area contributed by atoms with Gasteiger partial charge in [0.25, 0.3) is 0 Å². The molecule has 2 aromatic rings. The smallest absolute Gasteiger partial charge is 0.338 e. The van der Waals surface area contributed by atoms with Crippen LogP contribution in [0.15, 0.2) is 48.5 Å². The summed E-state index contributed by atoms with van der Waals surface area (Å²) in [6, 6.07) is 13.3. The van der Waals surface area contributed by atoms with Crippen molar-refractivity contribution in [3.8, 4) is 0 Å². The fraction of sp³-hybridized carbons (Fsp3) is 0.273. The van der Waals surface area contributed by atoms with Crippen LogP contribution in [0.2, 0.25) is 0 Å². The molecule has 1 atom stereocenters. The Labute approximate surface area is 174 Å². The number of rotatable bonds is 6. The predicted octanol–water partition coefficient (Wildman–Crippen LogP) is 2.81. The third kappa shape index (κ3) is 5.02. The number of nitrogens with one attached hydrogen (secondary N) is 2. The summed E-state index contributed by atoms with van der Waals surface area (Å²) in [7, 11) is 0. The van der Waals surface area contributed by atoms with Gasteiger partial charge in [-0.3, -0.25) is 14.4 Å². The third-order valence-electron chi connectivity index (χ3n) is 4.66. The zero-order valence-electron chi connectivity index (χ0n) is 16.8. The van der Waals surface area contributed by atoms with Crippen LogP contribution >= 0.6 is 0 Å². The van der Waals surface area contributed by atoms with Crippen molar-refractivity contribution in [1.29, 1.82) is 0 Å². The number of anilines is 3. The lowest BCUT2D eigenvalue weighted by Gasteiger charge is -2.17. The van der Waals surface area contributed by atoms with Crippen LogP contribution in [0.25, 0.3) is 0 Å². The Kier molecular flexibility index (Phi) is 6.46. The standard InChI is InChI=1S/C22H23N3O5/c1-3-30-22(29)15-4-10-19(11-5-15)25-13-16(12-20(25)27)21(28)24-18-8-6-17(7-9-18)23-14(2)26/h4-11,16H,3,12-13H2,1-2H3,(H,23,26)(H,24,28). The molecule has 0 saturated carbocycles. The largest absolute Gasteiger partial charge is 0.462 e. The summed E-state index contributed by atoms with van der Waals surface area (Å²) < 4.78 is 4.95. The summed E-state index contributed by atoms with van der Waals surface area (Å²) in [5.41, 5.74) is 2.25. The summed E-state index contributed by atoms with van der Waals surface area (Å²) in [5.74, 6) is -1.48. The van der Waals surface area contributed by atoms with Gasteiger partial charge in [0.2, 0.25) is 17.7 Å². The van der Waals surface area contributed by atoms with Crippen molar-refractivity contribution in [3.63, 3.8) is 0 Å². The Balaban J connectivity index is 1.61. The van der Waals surface area contributed by atoms with Gasteiger partial charge in [-0.2, -0.15) is 0 Å². The molecule has 1 heterocycles. The molecule has 0 aliphatic carbocycles. The van der Waals surface area contributed by atoms with E-state index >= 15 is 0 Å². The zero-order chi connectivity index (χ0) is 21.7. The lowest BCUT2D eigenvalue weighted by Crippen LogP contribution is -2.28. The van der Waals surface area contributed by atoms with Crippen molar-refractivity contribution >= 4 is 40.8 Å². The summed E-state index contributed by atoms with van der Waals surface area (Å²) in [6.07, 6.45) is 0.107. The predicted molar refractivity (Wildman–Crippen MR) is 112 cm³/mol. The van der Waals surface area contributed by atoms with Crippen molar-refractivity contribution in [2.75, 3.05) is 28.7 Å². The van der Waals surface area contributed by atoms with E-state index < -0.39 is 11.9 Å². The van der Waals surface area contributed by atoms with E-state index in [1.807, 2.05) is 0 Å². The summed E-state index contributed by atoms with van der Waals surface area (Å²) >= 11 is 0. The van der Waals surface area contributed by atoms with Gasteiger partial charge in [0.05, 0.1) is 18.1 Å². The van der Waals surface area contributed by atoms with E-state index in [1.165, 1.54) is 6.92 Å². The first-order valence-corrected chi connectivity index (χ1v) is 9.63. The van der Waals surface area contributed by atoms with Crippen LogP contribution in [0.1, 0.15) is 30.6 Å². The summed E-state index contributed by atoms with van der Waals surface area (Å²) in [5, 5.41) is 5.46. The first kappa shape index (κ1) is 21.0. The molecule has 0 bridgehead atoms. The molecule has 8 heteroatoms. The Bertz CT molecular complexity index is 954. The number of hydrogen-bond donors (Lipinski definition) is 2. The Morgan fingerprint density at radius 1 is 1.00 bits per heavy atom. The molecule has 2 N–H and O–H groups in total. The fourth-order valence-electron chi connectivity index (χ4n) is 3.21. The molecule has 156 valence electrons. The minimum absolute atomic E-state index is 0.107. The monoisotopic (exact) mass is 409 g/mol. The number of carbonyl (C=O) groups is 4. The number of amides is 3. The van der Waals surface area contributed by atoms with E-state index in [1.54, 1.807) is 60.4 Å². The van der Waals surface area contributed by atoms with Gasteiger partial charge < -0.3 is 20.3 Å². The van der Waals surface area contributed by atoms with Crippen LogP contribution in [0, 0.1) is 5.92 Å². The highest BCUT2D eigenvalue weighted by Crippen LogP contribution is 2.26. The lowest BCUT2D eigenvalue weighted by molar-refractivity contribution is -0.122. The summed E-state index contributed by atoms with van der Waals surface area (Å²) in [4.78, 5) is 49.4. The van der Waals surface area contributed by atoms with Crippen LogP contribution in [0.5, 0.6) is 0 Å². The zero-order valence-corrected chi connectivity index (χ0v) is 16.8. The number of carbonyl (C=O) groups excluding carboxylic acids is 4. The van der Waals surface area contributed by atoms with Crippen molar-refractivity contribution in [2.45, 2.75) is 20.3 Å². The van der Waals surface area contributed by atoms with Gasteiger partial charge in [0.1, 0.15) is 0 Å². The third-order valence-corrected chi connectivity index (χ3v) is 4.66. The van der Waals surface area contributed by atoms with Crippen molar-refractivity contribution < 1.29 is 23.9 Å². The molecule has 1 fully saturated rings. The maximum Gasteiger partial charge on any atom is 0.338 e. The molecule has 1 unspecified atom stereocenters. The van der Waals surface area contributed by atoms with E-state index in [4.69, 9.17) is 4.74 Å². The highest BCUT2D eigenvalue weighted by molar-refractivity contribution is 6.04. The van der Waals surface area contributed by atoms with Gasteiger partial charge in [0, 0.05) is 37.0 Å². The van der Waals surface area contributed by atoms with Gasteiger partial charge >= 0.3 is 5.97 Å². The molecular formula is C22H23N3O5. The second-order valence-electron chi connectivity index (χ2n) is 6.92. The summed E-state index contributed by atoms with van der Waals surface area (Å²) in [6.45, 7) is 3.70. The minimum atomic E-state index is -0.489. The molecule has 30 heavy (non-hydrogen) atoms. The molecule has 1 aliphatic heterocycles. The molecule has 2 aromatic carbocycles. The van der Waals surface area contributed by atoms with E-state index in [-0.39, 0.29) is 37.3 Å².